The second-order valence-electron chi connectivity index (χ2n) is 3.66. The van der Waals surface area contributed by atoms with Gasteiger partial charge in [-0.05, 0) is 35.9 Å². The zero-order valence-corrected chi connectivity index (χ0v) is 10.7. The van der Waals surface area contributed by atoms with Crippen LogP contribution in [0, 0.1) is 5.82 Å². The SMILES string of the molecule is COc1ccc(Sc2c(F)cccc2CO)cc1. The lowest BCUT2D eigenvalue weighted by Crippen LogP contribution is -1.91. The number of hydrogen-bond donors (Lipinski definition) is 1. The lowest BCUT2D eigenvalue weighted by molar-refractivity contribution is 0.277. The largest absolute Gasteiger partial charge is 0.497 e. The molecule has 0 aliphatic rings. The van der Waals surface area contributed by atoms with Crippen LogP contribution < -0.4 is 4.74 Å². The zero-order valence-electron chi connectivity index (χ0n) is 9.89. The number of aliphatic hydroxyl groups excluding tert-OH is 1. The molecule has 0 bridgehead atoms. The van der Waals surface area contributed by atoms with Crippen molar-refractivity contribution in [1.82, 2.24) is 0 Å². The molecule has 0 fully saturated rings. The Morgan fingerprint density at radius 3 is 2.50 bits per heavy atom. The first-order valence-electron chi connectivity index (χ1n) is 5.44. The summed E-state index contributed by atoms with van der Waals surface area (Å²) in [6.45, 7) is -0.170. The van der Waals surface area contributed by atoms with Crippen LogP contribution >= 0.6 is 11.8 Å². The van der Waals surface area contributed by atoms with E-state index >= 15 is 0 Å². The van der Waals surface area contributed by atoms with Crippen LogP contribution in [-0.2, 0) is 6.61 Å². The normalized spacial score (nSPS) is 10.4. The van der Waals surface area contributed by atoms with Crippen LogP contribution in [-0.4, -0.2) is 12.2 Å². The van der Waals surface area contributed by atoms with Gasteiger partial charge in [-0.2, -0.15) is 0 Å². The Kier molecular flexibility index (Phi) is 4.23. The van der Waals surface area contributed by atoms with E-state index in [1.54, 1.807) is 19.2 Å². The van der Waals surface area contributed by atoms with Crippen molar-refractivity contribution >= 4 is 11.8 Å². The first-order chi connectivity index (χ1) is 8.74. The van der Waals surface area contributed by atoms with Gasteiger partial charge in [-0.3, -0.25) is 0 Å². The van der Waals surface area contributed by atoms with Gasteiger partial charge in [0.1, 0.15) is 11.6 Å². The Morgan fingerprint density at radius 2 is 1.89 bits per heavy atom. The van der Waals surface area contributed by atoms with E-state index in [0.717, 1.165) is 10.6 Å². The van der Waals surface area contributed by atoms with E-state index in [9.17, 15) is 9.50 Å². The zero-order chi connectivity index (χ0) is 13.0. The maximum Gasteiger partial charge on any atom is 0.137 e. The Hall–Kier alpha value is -1.52. The number of rotatable bonds is 4. The molecular formula is C14H13FO2S. The first kappa shape index (κ1) is 12.9. The summed E-state index contributed by atoms with van der Waals surface area (Å²) in [6, 6.07) is 12.1. The van der Waals surface area contributed by atoms with Crippen molar-refractivity contribution in [2.75, 3.05) is 7.11 Å². The van der Waals surface area contributed by atoms with Gasteiger partial charge in [-0.15, -0.1) is 0 Å². The molecule has 1 N–H and O–H groups in total. The summed E-state index contributed by atoms with van der Waals surface area (Å²) >= 11 is 1.29. The molecule has 0 aliphatic heterocycles. The average Bonchev–Trinajstić information content (AvgIpc) is 2.42. The molecule has 2 rings (SSSR count). The minimum atomic E-state index is -0.317. The number of hydrogen-bond acceptors (Lipinski definition) is 3. The second kappa shape index (κ2) is 5.89. The number of benzene rings is 2. The van der Waals surface area contributed by atoms with Crippen molar-refractivity contribution in [3.05, 3.63) is 53.8 Å². The van der Waals surface area contributed by atoms with Crippen molar-refractivity contribution < 1.29 is 14.2 Å². The molecule has 2 nitrogen and oxygen atoms in total. The van der Waals surface area contributed by atoms with Gasteiger partial charge >= 0.3 is 0 Å². The van der Waals surface area contributed by atoms with Gasteiger partial charge in [0.05, 0.1) is 18.6 Å². The number of ether oxygens (including phenoxy) is 1. The molecule has 0 spiro atoms. The summed E-state index contributed by atoms with van der Waals surface area (Å²) in [4.78, 5) is 1.36. The van der Waals surface area contributed by atoms with E-state index in [-0.39, 0.29) is 12.4 Å². The summed E-state index contributed by atoms with van der Waals surface area (Å²) in [5.41, 5.74) is 0.593. The topological polar surface area (TPSA) is 29.5 Å². The van der Waals surface area contributed by atoms with Crippen LogP contribution in [0.1, 0.15) is 5.56 Å². The maximum absolute atomic E-state index is 13.7. The number of methoxy groups -OCH3 is 1. The first-order valence-corrected chi connectivity index (χ1v) is 6.26. The van der Waals surface area contributed by atoms with E-state index in [2.05, 4.69) is 0 Å². The molecule has 18 heavy (non-hydrogen) atoms. The Labute approximate surface area is 109 Å². The third-order valence-electron chi connectivity index (χ3n) is 2.50. The smallest absolute Gasteiger partial charge is 0.137 e. The minimum absolute atomic E-state index is 0.170. The van der Waals surface area contributed by atoms with Crippen molar-refractivity contribution in [3.63, 3.8) is 0 Å². The Bertz CT molecular complexity index is 526. The predicted molar refractivity (Wildman–Crippen MR) is 69.4 cm³/mol. The lowest BCUT2D eigenvalue weighted by Gasteiger charge is -2.08. The van der Waals surface area contributed by atoms with Crippen LogP contribution in [0.15, 0.2) is 52.3 Å². The average molecular weight is 264 g/mol. The van der Waals surface area contributed by atoms with Crippen LogP contribution in [0.4, 0.5) is 4.39 Å². The van der Waals surface area contributed by atoms with Gasteiger partial charge in [0, 0.05) is 4.90 Å². The lowest BCUT2D eigenvalue weighted by atomic mass is 10.2. The van der Waals surface area contributed by atoms with Gasteiger partial charge in [-0.1, -0.05) is 23.9 Å². The van der Waals surface area contributed by atoms with Crippen LogP contribution in [0.3, 0.4) is 0 Å². The third-order valence-corrected chi connectivity index (χ3v) is 3.67. The van der Waals surface area contributed by atoms with E-state index in [4.69, 9.17) is 4.74 Å². The second-order valence-corrected chi connectivity index (χ2v) is 4.75. The summed E-state index contributed by atoms with van der Waals surface area (Å²) in [7, 11) is 1.60. The molecule has 0 saturated heterocycles. The molecule has 4 heteroatoms. The van der Waals surface area contributed by atoms with Crippen LogP contribution in [0.5, 0.6) is 5.75 Å². The quantitative estimate of drug-likeness (QED) is 0.916. The van der Waals surface area contributed by atoms with Gasteiger partial charge < -0.3 is 9.84 Å². The molecule has 0 atom stereocenters. The highest BCUT2D eigenvalue weighted by atomic mass is 32.2. The van der Waals surface area contributed by atoms with Crippen molar-refractivity contribution in [2.24, 2.45) is 0 Å². The van der Waals surface area contributed by atoms with E-state index in [0.29, 0.717) is 10.5 Å². The molecule has 94 valence electrons. The molecule has 0 radical (unpaired) electrons. The summed E-state index contributed by atoms with van der Waals surface area (Å²) < 4.78 is 18.8. The van der Waals surface area contributed by atoms with E-state index < -0.39 is 0 Å². The summed E-state index contributed by atoms with van der Waals surface area (Å²) in [5.74, 6) is 0.442. The molecule has 0 saturated carbocycles. The van der Waals surface area contributed by atoms with Crippen molar-refractivity contribution in [1.29, 1.82) is 0 Å². The monoisotopic (exact) mass is 264 g/mol. The molecule has 0 heterocycles. The molecule has 0 aromatic heterocycles. The molecular weight excluding hydrogens is 251 g/mol. The summed E-state index contributed by atoms with van der Waals surface area (Å²) in [6.07, 6.45) is 0. The third kappa shape index (κ3) is 2.83. The van der Waals surface area contributed by atoms with Gasteiger partial charge in [0.2, 0.25) is 0 Å². The number of aliphatic hydroxyl groups is 1. The fourth-order valence-electron chi connectivity index (χ4n) is 1.55. The molecule has 0 amide bonds. The molecule has 2 aromatic carbocycles. The standard InChI is InChI=1S/C14H13FO2S/c1-17-11-5-7-12(8-6-11)18-14-10(9-16)3-2-4-13(14)15/h2-8,16H,9H2,1H3. The fraction of sp³-hybridized carbons (Fsp3) is 0.143. The predicted octanol–water partition coefficient (Wildman–Crippen LogP) is 3.48. The highest BCUT2D eigenvalue weighted by Crippen LogP contribution is 2.33. The Balaban J connectivity index is 2.27. The fourth-order valence-corrected chi connectivity index (χ4v) is 2.49. The van der Waals surface area contributed by atoms with Crippen molar-refractivity contribution in [2.45, 2.75) is 16.4 Å². The molecule has 0 aliphatic carbocycles. The number of halogens is 1. The van der Waals surface area contributed by atoms with Gasteiger partial charge in [-0.25, -0.2) is 4.39 Å². The van der Waals surface area contributed by atoms with E-state index in [1.165, 1.54) is 17.8 Å². The minimum Gasteiger partial charge on any atom is -0.497 e. The van der Waals surface area contributed by atoms with Crippen LogP contribution in [0.25, 0.3) is 0 Å². The Morgan fingerprint density at radius 1 is 1.17 bits per heavy atom. The summed E-state index contributed by atoms with van der Waals surface area (Å²) in [5, 5.41) is 9.20. The van der Waals surface area contributed by atoms with Gasteiger partial charge in [0.25, 0.3) is 0 Å². The highest BCUT2D eigenvalue weighted by Gasteiger charge is 2.09. The van der Waals surface area contributed by atoms with Crippen molar-refractivity contribution in [3.8, 4) is 5.75 Å². The van der Waals surface area contributed by atoms with E-state index in [1.807, 2.05) is 24.3 Å². The maximum atomic E-state index is 13.7. The highest BCUT2D eigenvalue weighted by molar-refractivity contribution is 7.99. The van der Waals surface area contributed by atoms with Gasteiger partial charge in [0.15, 0.2) is 0 Å². The molecule has 0 unspecified atom stereocenters. The molecule has 2 aromatic rings. The van der Waals surface area contributed by atoms with Crippen LogP contribution in [0.2, 0.25) is 0 Å².